The van der Waals surface area contributed by atoms with Crippen molar-refractivity contribution in [3.05, 3.63) is 44.9 Å². The number of nitrogens with one attached hydrogen (secondary N) is 1. The molecule has 1 aromatic carbocycles. The maximum Gasteiger partial charge on any atom is 0.178 e. The predicted octanol–water partition coefficient (Wildman–Crippen LogP) is 4.47. The highest BCUT2D eigenvalue weighted by molar-refractivity contribution is 7.71. The quantitative estimate of drug-likeness (QED) is 0.724. The van der Waals surface area contributed by atoms with Crippen LogP contribution in [-0.2, 0) is 6.42 Å². The number of benzene rings is 1. The third kappa shape index (κ3) is 2.09. The van der Waals surface area contributed by atoms with Gasteiger partial charge in [0.05, 0.1) is 11.6 Å². The number of thiazole rings is 1. The van der Waals surface area contributed by atoms with Crippen LogP contribution in [0.1, 0.15) is 29.8 Å². The normalized spacial score (nSPS) is 12.9. The van der Waals surface area contributed by atoms with Crippen molar-refractivity contribution >= 4 is 34.6 Å². The maximum absolute atomic E-state index is 13.8. The van der Waals surface area contributed by atoms with E-state index < -0.39 is 0 Å². The first-order chi connectivity index (χ1) is 9.61. The van der Waals surface area contributed by atoms with E-state index in [1.165, 1.54) is 10.9 Å². The second-order valence-electron chi connectivity index (χ2n) is 4.63. The zero-order valence-electron chi connectivity index (χ0n) is 11.2. The summed E-state index contributed by atoms with van der Waals surface area (Å²) < 4.78 is 16.2. The Morgan fingerprint density at radius 2 is 2.30 bits per heavy atom. The van der Waals surface area contributed by atoms with Gasteiger partial charge in [0.25, 0.3) is 0 Å². The summed E-state index contributed by atoms with van der Waals surface area (Å²) >= 11 is 7.02. The van der Waals surface area contributed by atoms with Gasteiger partial charge in [0.15, 0.2) is 4.77 Å². The van der Waals surface area contributed by atoms with Gasteiger partial charge in [-0.3, -0.25) is 0 Å². The van der Waals surface area contributed by atoms with Crippen LogP contribution in [0.2, 0.25) is 0 Å². The molecule has 1 unspecified atom stereocenters. The predicted molar refractivity (Wildman–Crippen MR) is 82.4 cm³/mol. The van der Waals surface area contributed by atoms with Crippen molar-refractivity contribution in [1.82, 2.24) is 14.5 Å². The third-order valence-corrected chi connectivity index (χ3v) is 4.98. The van der Waals surface area contributed by atoms with Gasteiger partial charge >= 0.3 is 0 Å². The number of H-pyrrole nitrogens is 1. The molecule has 0 saturated heterocycles. The van der Waals surface area contributed by atoms with Gasteiger partial charge in [-0.05, 0) is 37.7 Å². The second-order valence-corrected chi connectivity index (χ2v) is 6.16. The standard InChI is InChI=1S/C14H14FN3S2/c1-3-9-7-16-13(20-9)8(2)18-11-6-4-5-10(15)12(11)17-14(18)19/h4-8H,3H2,1-2H3,(H,17,19). The number of nitrogens with zero attached hydrogens (tertiary/aromatic N) is 2. The molecule has 0 spiro atoms. The first-order valence-corrected chi connectivity index (χ1v) is 7.67. The largest absolute Gasteiger partial charge is 0.328 e. The lowest BCUT2D eigenvalue weighted by Gasteiger charge is -2.11. The number of para-hydroxylation sites is 1. The topological polar surface area (TPSA) is 33.6 Å². The number of imidazole rings is 1. The van der Waals surface area contributed by atoms with E-state index in [0.717, 1.165) is 16.9 Å². The number of halogens is 1. The van der Waals surface area contributed by atoms with E-state index in [0.29, 0.717) is 10.3 Å². The molecule has 0 amide bonds. The summed E-state index contributed by atoms with van der Waals surface area (Å²) in [5, 5.41) is 0.989. The fourth-order valence-corrected chi connectivity index (χ4v) is 3.55. The summed E-state index contributed by atoms with van der Waals surface area (Å²) in [6.07, 6.45) is 2.87. The molecule has 0 fully saturated rings. The molecule has 1 atom stereocenters. The number of hydrogen-bond acceptors (Lipinski definition) is 3. The van der Waals surface area contributed by atoms with E-state index in [2.05, 4.69) is 16.9 Å². The van der Waals surface area contributed by atoms with Gasteiger partial charge in [-0.1, -0.05) is 13.0 Å². The Morgan fingerprint density at radius 1 is 1.50 bits per heavy atom. The molecular formula is C14H14FN3S2. The molecule has 0 aliphatic heterocycles. The Balaban J connectivity index is 2.16. The maximum atomic E-state index is 13.8. The minimum absolute atomic E-state index is 0.0108. The van der Waals surface area contributed by atoms with Crippen LogP contribution in [0.25, 0.3) is 11.0 Å². The smallest absolute Gasteiger partial charge is 0.178 e. The van der Waals surface area contributed by atoms with Crippen LogP contribution in [0.5, 0.6) is 0 Å². The summed E-state index contributed by atoms with van der Waals surface area (Å²) in [5.74, 6) is -0.284. The molecule has 0 aliphatic carbocycles. The van der Waals surface area contributed by atoms with Crippen molar-refractivity contribution in [2.45, 2.75) is 26.3 Å². The number of hydrogen-bond donors (Lipinski definition) is 1. The van der Waals surface area contributed by atoms with Crippen molar-refractivity contribution in [2.75, 3.05) is 0 Å². The molecule has 0 bridgehead atoms. The third-order valence-electron chi connectivity index (χ3n) is 3.37. The van der Waals surface area contributed by atoms with Gasteiger partial charge in [-0.2, -0.15) is 0 Å². The van der Waals surface area contributed by atoms with Crippen LogP contribution < -0.4 is 0 Å². The average Bonchev–Trinajstić information content (AvgIpc) is 3.03. The number of aromatic amines is 1. The van der Waals surface area contributed by atoms with Gasteiger partial charge in [-0.15, -0.1) is 11.3 Å². The van der Waals surface area contributed by atoms with Crippen molar-refractivity contribution in [2.24, 2.45) is 0 Å². The van der Waals surface area contributed by atoms with Gasteiger partial charge in [-0.25, -0.2) is 9.37 Å². The van der Waals surface area contributed by atoms with Crippen molar-refractivity contribution in [3.8, 4) is 0 Å². The highest BCUT2D eigenvalue weighted by Crippen LogP contribution is 2.28. The summed E-state index contributed by atoms with van der Waals surface area (Å²) in [7, 11) is 0. The lowest BCUT2D eigenvalue weighted by atomic mass is 10.2. The molecule has 3 aromatic rings. The molecule has 3 rings (SSSR count). The van der Waals surface area contributed by atoms with Gasteiger partial charge in [0, 0.05) is 11.1 Å². The van der Waals surface area contributed by atoms with E-state index in [1.54, 1.807) is 17.4 Å². The van der Waals surface area contributed by atoms with Gasteiger partial charge in [0.1, 0.15) is 16.3 Å². The first-order valence-electron chi connectivity index (χ1n) is 6.45. The molecule has 104 valence electrons. The molecular weight excluding hydrogens is 293 g/mol. The van der Waals surface area contributed by atoms with E-state index in [9.17, 15) is 4.39 Å². The zero-order chi connectivity index (χ0) is 14.3. The minimum Gasteiger partial charge on any atom is -0.328 e. The van der Waals surface area contributed by atoms with Crippen molar-refractivity contribution in [1.29, 1.82) is 0 Å². The number of fused-ring (bicyclic) bond motifs is 1. The van der Waals surface area contributed by atoms with Gasteiger partial charge in [0.2, 0.25) is 0 Å². The van der Waals surface area contributed by atoms with Crippen LogP contribution >= 0.6 is 23.6 Å². The molecule has 0 saturated carbocycles. The van der Waals surface area contributed by atoms with E-state index in [4.69, 9.17) is 12.2 Å². The van der Waals surface area contributed by atoms with Crippen LogP contribution in [0.15, 0.2) is 24.4 Å². The lowest BCUT2D eigenvalue weighted by Crippen LogP contribution is -2.06. The monoisotopic (exact) mass is 307 g/mol. The van der Waals surface area contributed by atoms with Crippen molar-refractivity contribution in [3.63, 3.8) is 0 Å². The molecule has 6 heteroatoms. The highest BCUT2D eigenvalue weighted by atomic mass is 32.1. The van der Waals surface area contributed by atoms with Crippen molar-refractivity contribution < 1.29 is 4.39 Å². The first kappa shape index (κ1) is 13.5. The Morgan fingerprint density at radius 3 is 3.00 bits per heavy atom. The minimum atomic E-state index is -0.284. The molecule has 2 heterocycles. The number of aryl methyl sites for hydroxylation is 1. The zero-order valence-corrected chi connectivity index (χ0v) is 12.8. The molecule has 20 heavy (non-hydrogen) atoms. The van der Waals surface area contributed by atoms with E-state index in [1.807, 2.05) is 23.8 Å². The molecule has 1 N–H and O–H groups in total. The van der Waals surface area contributed by atoms with Crippen LogP contribution in [0.4, 0.5) is 4.39 Å². The lowest BCUT2D eigenvalue weighted by molar-refractivity contribution is 0.636. The van der Waals surface area contributed by atoms with E-state index in [-0.39, 0.29) is 11.9 Å². The summed E-state index contributed by atoms with van der Waals surface area (Å²) in [6.45, 7) is 4.14. The second kappa shape index (κ2) is 5.10. The summed E-state index contributed by atoms with van der Waals surface area (Å²) in [6, 6.07) is 4.99. The van der Waals surface area contributed by atoms with Crippen LogP contribution in [0, 0.1) is 10.6 Å². The summed E-state index contributed by atoms with van der Waals surface area (Å²) in [4.78, 5) is 8.64. The Hall–Kier alpha value is -1.53. The number of aromatic nitrogens is 3. The fourth-order valence-electron chi connectivity index (χ4n) is 2.29. The van der Waals surface area contributed by atoms with Crippen LogP contribution in [0.3, 0.4) is 0 Å². The molecule has 0 aliphatic rings. The SMILES string of the molecule is CCc1cnc(C(C)n2c(=S)[nH]c3c(F)cccc32)s1. The number of rotatable bonds is 3. The molecule has 3 nitrogen and oxygen atoms in total. The Kier molecular flexibility index (Phi) is 3.43. The van der Waals surface area contributed by atoms with E-state index >= 15 is 0 Å². The Bertz CT molecular complexity index is 815. The molecule has 2 aromatic heterocycles. The molecule has 0 radical (unpaired) electrons. The highest BCUT2D eigenvalue weighted by Gasteiger charge is 2.17. The van der Waals surface area contributed by atoms with Gasteiger partial charge < -0.3 is 9.55 Å². The summed E-state index contributed by atoms with van der Waals surface area (Å²) in [5.41, 5.74) is 1.23. The average molecular weight is 307 g/mol. The fraction of sp³-hybridized carbons (Fsp3) is 0.286. The Labute approximate surface area is 125 Å². The van der Waals surface area contributed by atoms with Crippen LogP contribution in [-0.4, -0.2) is 14.5 Å².